The summed E-state index contributed by atoms with van der Waals surface area (Å²) in [5, 5.41) is 20.0. The Hall–Kier alpha value is -2.90. The minimum Gasteiger partial charge on any atom is -0.491 e. The summed E-state index contributed by atoms with van der Waals surface area (Å²) in [6.07, 6.45) is -0.588. The number of guanidine groups is 1. The van der Waals surface area contributed by atoms with Gasteiger partial charge in [-0.1, -0.05) is 42.5 Å². The van der Waals surface area contributed by atoms with Gasteiger partial charge in [0.25, 0.3) is 0 Å². The molecular formula is C24H30N4O2S. The third-order valence-electron chi connectivity index (χ3n) is 4.39. The van der Waals surface area contributed by atoms with Gasteiger partial charge in [-0.15, -0.1) is 11.3 Å². The highest BCUT2D eigenvalue weighted by Gasteiger charge is 2.11. The molecule has 0 aliphatic rings. The van der Waals surface area contributed by atoms with Gasteiger partial charge >= 0.3 is 0 Å². The van der Waals surface area contributed by atoms with Crippen LogP contribution in [0, 0.1) is 0 Å². The molecule has 7 heteroatoms. The molecule has 0 fully saturated rings. The lowest BCUT2D eigenvalue weighted by atomic mass is 10.1. The molecule has 0 spiro atoms. The lowest BCUT2D eigenvalue weighted by Gasteiger charge is -2.17. The predicted molar refractivity (Wildman–Crippen MR) is 128 cm³/mol. The first kappa shape index (κ1) is 22.8. The van der Waals surface area contributed by atoms with Crippen molar-refractivity contribution in [3.8, 4) is 16.3 Å². The maximum atomic E-state index is 10.6. The summed E-state index contributed by atoms with van der Waals surface area (Å²) in [6, 6.07) is 17.7. The van der Waals surface area contributed by atoms with Crippen LogP contribution in [0.2, 0.25) is 0 Å². The summed E-state index contributed by atoms with van der Waals surface area (Å²) in [5.41, 5.74) is 2.83. The SMILES string of the molecule is CCNC(=NCc1csc(-c2ccccc2)n1)NCC(O)c1cccc(OC(C)C)c1. The highest BCUT2D eigenvalue weighted by atomic mass is 32.1. The molecule has 2 aromatic carbocycles. The molecule has 31 heavy (non-hydrogen) atoms. The molecule has 1 unspecified atom stereocenters. The van der Waals surface area contributed by atoms with E-state index in [2.05, 4.69) is 32.7 Å². The van der Waals surface area contributed by atoms with Crippen molar-refractivity contribution >= 4 is 17.3 Å². The van der Waals surface area contributed by atoms with Crippen molar-refractivity contribution in [2.75, 3.05) is 13.1 Å². The van der Waals surface area contributed by atoms with Crippen LogP contribution >= 0.6 is 11.3 Å². The molecule has 3 rings (SSSR count). The van der Waals surface area contributed by atoms with Crippen LogP contribution in [0.1, 0.15) is 38.1 Å². The number of nitrogens with one attached hydrogen (secondary N) is 2. The third kappa shape index (κ3) is 7.08. The first-order valence-electron chi connectivity index (χ1n) is 10.5. The van der Waals surface area contributed by atoms with Crippen molar-refractivity contribution < 1.29 is 9.84 Å². The van der Waals surface area contributed by atoms with E-state index in [0.29, 0.717) is 19.0 Å². The second-order valence-electron chi connectivity index (χ2n) is 7.34. The fourth-order valence-electron chi connectivity index (χ4n) is 2.97. The van der Waals surface area contributed by atoms with Gasteiger partial charge in [-0.3, -0.25) is 0 Å². The number of hydrogen-bond donors (Lipinski definition) is 3. The van der Waals surface area contributed by atoms with E-state index in [1.807, 2.05) is 68.6 Å². The zero-order valence-electron chi connectivity index (χ0n) is 18.2. The van der Waals surface area contributed by atoms with Crippen molar-refractivity contribution in [2.24, 2.45) is 4.99 Å². The van der Waals surface area contributed by atoms with Gasteiger partial charge in [0, 0.05) is 24.0 Å². The monoisotopic (exact) mass is 438 g/mol. The van der Waals surface area contributed by atoms with E-state index in [1.54, 1.807) is 11.3 Å². The average molecular weight is 439 g/mol. The number of benzene rings is 2. The van der Waals surface area contributed by atoms with Crippen molar-refractivity contribution in [3.63, 3.8) is 0 Å². The number of ether oxygens (including phenoxy) is 1. The molecule has 3 aromatic rings. The van der Waals surface area contributed by atoms with Crippen LogP contribution in [0.25, 0.3) is 10.6 Å². The van der Waals surface area contributed by atoms with Gasteiger partial charge < -0.3 is 20.5 Å². The zero-order valence-corrected chi connectivity index (χ0v) is 19.0. The largest absolute Gasteiger partial charge is 0.491 e. The highest BCUT2D eigenvalue weighted by Crippen LogP contribution is 2.23. The molecule has 164 valence electrons. The fraction of sp³-hybridized carbons (Fsp3) is 0.333. The molecule has 1 aromatic heterocycles. The van der Waals surface area contributed by atoms with Crippen molar-refractivity contribution in [3.05, 3.63) is 71.2 Å². The first-order chi connectivity index (χ1) is 15.0. The quantitative estimate of drug-likeness (QED) is 0.341. The van der Waals surface area contributed by atoms with Crippen molar-refractivity contribution in [1.29, 1.82) is 0 Å². The van der Waals surface area contributed by atoms with Crippen LogP contribution in [-0.4, -0.2) is 35.2 Å². The summed E-state index contributed by atoms with van der Waals surface area (Å²) in [5.74, 6) is 1.40. The Labute approximate surface area is 188 Å². The normalized spacial score (nSPS) is 12.6. The minimum atomic E-state index is -0.677. The van der Waals surface area contributed by atoms with Crippen molar-refractivity contribution in [1.82, 2.24) is 15.6 Å². The molecule has 1 heterocycles. The topological polar surface area (TPSA) is 78.8 Å². The number of nitrogens with zero attached hydrogens (tertiary/aromatic N) is 2. The average Bonchev–Trinajstić information content (AvgIpc) is 3.25. The Bertz CT molecular complexity index is 972. The zero-order chi connectivity index (χ0) is 22.1. The second kappa shape index (κ2) is 11.5. The summed E-state index contributed by atoms with van der Waals surface area (Å²) < 4.78 is 5.72. The van der Waals surface area contributed by atoms with Gasteiger partial charge in [-0.25, -0.2) is 9.98 Å². The van der Waals surface area contributed by atoms with Gasteiger partial charge in [-0.05, 0) is 38.5 Å². The molecule has 0 saturated carbocycles. The van der Waals surface area contributed by atoms with E-state index < -0.39 is 6.10 Å². The minimum absolute atomic E-state index is 0.0890. The van der Waals surface area contributed by atoms with E-state index in [-0.39, 0.29) is 6.10 Å². The number of aliphatic imine (C=N–C) groups is 1. The lowest BCUT2D eigenvalue weighted by molar-refractivity contribution is 0.179. The van der Waals surface area contributed by atoms with E-state index in [9.17, 15) is 5.11 Å². The summed E-state index contributed by atoms with van der Waals surface area (Å²) in [7, 11) is 0. The molecule has 0 bridgehead atoms. The molecule has 0 amide bonds. The number of aromatic nitrogens is 1. The van der Waals surface area contributed by atoms with Crippen LogP contribution in [0.15, 0.2) is 65.0 Å². The van der Waals surface area contributed by atoms with Crippen molar-refractivity contribution in [2.45, 2.75) is 39.5 Å². The maximum absolute atomic E-state index is 10.6. The fourth-order valence-corrected chi connectivity index (χ4v) is 3.79. The van der Waals surface area contributed by atoms with Crippen LogP contribution in [0.5, 0.6) is 5.75 Å². The van der Waals surface area contributed by atoms with Crippen LogP contribution in [0.4, 0.5) is 0 Å². The Kier molecular flexibility index (Phi) is 8.44. The molecule has 6 nitrogen and oxygen atoms in total. The van der Waals surface area contributed by atoms with Gasteiger partial charge in [0.05, 0.1) is 24.4 Å². The Balaban J connectivity index is 1.59. The molecule has 3 N–H and O–H groups in total. The standard InChI is InChI=1S/C24H30N4O2S/c1-4-25-24(26-14-20-16-31-23(28-20)18-9-6-5-7-10-18)27-15-22(29)19-11-8-12-21(13-19)30-17(2)3/h5-13,16-17,22,29H,4,14-15H2,1-3H3,(H2,25,26,27). The summed E-state index contributed by atoms with van der Waals surface area (Å²) in [4.78, 5) is 9.30. The van der Waals surface area contributed by atoms with Gasteiger partial charge in [0.15, 0.2) is 5.96 Å². The predicted octanol–water partition coefficient (Wildman–Crippen LogP) is 4.39. The number of aliphatic hydroxyl groups excluding tert-OH is 1. The van der Waals surface area contributed by atoms with Crippen LogP contribution in [0.3, 0.4) is 0 Å². The number of aliphatic hydroxyl groups is 1. The Morgan fingerprint density at radius 1 is 1.13 bits per heavy atom. The van der Waals surface area contributed by atoms with E-state index in [4.69, 9.17) is 4.74 Å². The molecule has 0 radical (unpaired) electrons. The van der Waals surface area contributed by atoms with E-state index >= 15 is 0 Å². The van der Waals surface area contributed by atoms with E-state index in [1.165, 1.54) is 0 Å². The van der Waals surface area contributed by atoms with Crippen LogP contribution < -0.4 is 15.4 Å². The highest BCUT2D eigenvalue weighted by molar-refractivity contribution is 7.13. The molecule has 0 saturated heterocycles. The first-order valence-corrected chi connectivity index (χ1v) is 11.4. The summed E-state index contributed by atoms with van der Waals surface area (Å²) >= 11 is 1.62. The molecule has 0 aliphatic heterocycles. The van der Waals surface area contributed by atoms with E-state index in [0.717, 1.165) is 34.1 Å². The summed E-state index contributed by atoms with van der Waals surface area (Å²) in [6.45, 7) is 7.50. The maximum Gasteiger partial charge on any atom is 0.191 e. The molecule has 1 atom stereocenters. The van der Waals surface area contributed by atoms with Gasteiger partial charge in [0.1, 0.15) is 10.8 Å². The second-order valence-corrected chi connectivity index (χ2v) is 8.20. The smallest absolute Gasteiger partial charge is 0.191 e. The van der Waals surface area contributed by atoms with Gasteiger partial charge in [-0.2, -0.15) is 0 Å². The molecule has 0 aliphatic carbocycles. The lowest BCUT2D eigenvalue weighted by Crippen LogP contribution is -2.39. The number of hydrogen-bond acceptors (Lipinski definition) is 5. The Morgan fingerprint density at radius 2 is 1.94 bits per heavy atom. The molecular weight excluding hydrogens is 408 g/mol. The number of rotatable bonds is 9. The number of thiazole rings is 1. The van der Waals surface area contributed by atoms with Crippen LogP contribution in [-0.2, 0) is 6.54 Å². The third-order valence-corrected chi connectivity index (χ3v) is 5.33. The Morgan fingerprint density at radius 3 is 2.68 bits per heavy atom. The van der Waals surface area contributed by atoms with Gasteiger partial charge in [0.2, 0.25) is 0 Å².